The van der Waals surface area contributed by atoms with Gasteiger partial charge >= 0.3 is 5.97 Å². The van der Waals surface area contributed by atoms with Gasteiger partial charge in [-0.2, -0.15) is 0 Å². The van der Waals surface area contributed by atoms with Crippen molar-refractivity contribution in [2.45, 2.75) is 18.9 Å². The zero-order valence-corrected chi connectivity index (χ0v) is 7.19. The zero-order chi connectivity index (χ0) is 10.3. The quantitative estimate of drug-likeness (QED) is 0.398. The predicted molar refractivity (Wildman–Crippen MR) is 44.9 cm³/mol. The molecular weight excluding hydrogens is 176 g/mol. The van der Waals surface area contributed by atoms with Crippen molar-refractivity contribution in [1.29, 1.82) is 0 Å². The Balaban J connectivity index is 3.52. The van der Waals surface area contributed by atoms with E-state index in [1.807, 2.05) is 0 Å². The fourth-order valence-corrected chi connectivity index (χ4v) is 0.649. The molecule has 0 saturated heterocycles. The summed E-state index contributed by atoms with van der Waals surface area (Å²) in [7, 11) is 0. The number of nitrogens with one attached hydrogen (secondary N) is 1. The highest BCUT2D eigenvalue weighted by Crippen LogP contribution is 1.86. The first-order chi connectivity index (χ1) is 6.07. The number of amides is 1. The minimum Gasteiger partial charge on any atom is -0.479 e. The van der Waals surface area contributed by atoms with Crippen molar-refractivity contribution in [3.05, 3.63) is 0 Å². The SMILES string of the molecule is NCCCC(=O)NC[C@H](O)C(=O)O. The second-order valence-corrected chi connectivity index (χ2v) is 2.55. The van der Waals surface area contributed by atoms with E-state index in [-0.39, 0.29) is 18.9 Å². The number of rotatable bonds is 6. The molecule has 0 bridgehead atoms. The Bertz CT molecular complexity index is 183. The third kappa shape index (κ3) is 6.06. The Morgan fingerprint density at radius 2 is 2.08 bits per heavy atom. The van der Waals surface area contributed by atoms with Crippen molar-refractivity contribution in [2.75, 3.05) is 13.1 Å². The number of aliphatic carboxylic acids is 1. The van der Waals surface area contributed by atoms with Crippen LogP contribution in [0, 0.1) is 0 Å². The van der Waals surface area contributed by atoms with E-state index in [1.165, 1.54) is 0 Å². The second kappa shape index (κ2) is 6.38. The number of carboxylic acids is 1. The molecule has 6 nitrogen and oxygen atoms in total. The third-order valence-corrected chi connectivity index (χ3v) is 1.39. The van der Waals surface area contributed by atoms with Crippen LogP contribution in [0.4, 0.5) is 0 Å². The molecule has 0 heterocycles. The van der Waals surface area contributed by atoms with Crippen LogP contribution >= 0.6 is 0 Å². The van der Waals surface area contributed by atoms with Gasteiger partial charge in [0.25, 0.3) is 0 Å². The van der Waals surface area contributed by atoms with Crippen molar-refractivity contribution in [1.82, 2.24) is 5.32 Å². The van der Waals surface area contributed by atoms with E-state index >= 15 is 0 Å². The average molecular weight is 190 g/mol. The summed E-state index contributed by atoms with van der Waals surface area (Å²) in [4.78, 5) is 21.0. The van der Waals surface area contributed by atoms with Gasteiger partial charge in [0.15, 0.2) is 6.10 Å². The first kappa shape index (κ1) is 11.9. The molecule has 0 aliphatic carbocycles. The lowest BCUT2D eigenvalue weighted by Crippen LogP contribution is -2.36. The first-order valence-corrected chi connectivity index (χ1v) is 3.95. The molecule has 0 aromatic heterocycles. The van der Waals surface area contributed by atoms with Crippen LogP contribution < -0.4 is 11.1 Å². The van der Waals surface area contributed by atoms with E-state index in [0.717, 1.165) is 0 Å². The number of hydrogen-bond donors (Lipinski definition) is 4. The number of nitrogens with two attached hydrogens (primary N) is 1. The maximum Gasteiger partial charge on any atom is 0.334 e. The largest absolute Gasteiger partial charge is 0.479 e. The van der Waals surface area contributed by atoms with Gasteiger partial charge in [0, 0.05) is 6.42 Å². The molecule has 0 rings (SSSR count). The van der Waals surface area contributed by atoms with Crippen LogP contribution in [0.15, 0.2) is 0 Å². The lowest BCUT2D eigenvalue weighted by Gasteiger charge is -2.06. The van der Waals surface area contributed by atoms with Crippen molar-refractivity contribution in [3.8, 4) is 0 Å². The molecule has 0 saturated carbocycles. The van der Waals surface area contributed by atoms with Gasteiger partial charge < -0.3 is 21.3 Å². The summed E-state index contributed by atoms with van der Waals surface area (Å²) in [5.74, 6) is -1.65. The van der Waals surface area contributed by atoms with Crippen molar-refractivity contribution in [2.24, 2.45) is 5.73 Å². The van der Waals surface area contributed by atoms with E-state index in [9.17, 15) is 9.59 Å². The minimum absolute atomic E-state index is 0.253. The lowest BCUT2D eigenvalue weighted by atomic mass is 10.3. The molecule has 0 fully saturated rings. The number of aliphatic hydroxyl groups is 1. The fraction of sp³-hybridized carbons (Fsp3) is 0.714. The van der Waals surface area contributed by atoms with Gasteiger partial charge in [-0.15, -0.1) is 0 Å². The van der Waals surface area contributed by atoms with Gasteiger partial charge in [-0.1, -0.05) is 0 Å². The number of hydrogen-bond acceptors (Lipinski definition) is 4. The molecule has 76 valence electrons. The number of carbonyl (C=O) groups is 2. The van der Waals surface area contributed by atoms with Crippen molar-refractivity contribution < 1.29 is 19.8 Å². The Kier molecular flexibility index (Phi) is 5.82. The van der Waals surface area contributed by atoms with Crippen LogP contribution in [0.3, 0.4) is 0 Å². The van der Waals surface area contributed by atoms with Crippen LogP contribution in [0.2, 0.25) is 0 Å². The predicted octanol–water partition coefficient (Wildman–Crippen LogP) is -1.71. The zero-order valence-electron chi connectivity index (χ0n) is 7.19. The van der Waals surface area contributed by atoms with E-state index in [1.54, 1.807) is 0 Å². The summed E-state index contributed by atoms with van der Waals surface area (Å²) < 4.78 is 0. The van der Waals surface area contributed by atoms with Crippen LogP contribution in [0.5, 0.6) is 0 Å². The lowest BCUT2D eigenvalue weighted by molar-refractivity contribution is -0.146. The molecular formula is C7H14N2O4. The standard InChI is InChI=1S/C7H14N2O4/c8-3-1-2-6(11)9-4-5(10)7(12)13/h5,10H,1-4,8H2,(H,9,11)(H,12,13)/t5-/m0/s1. The molecule has 0 radical (unpaired) electrons. The van der Waals surface area contributed by atoms with Gasteiger partial charge in [-0.3, -0.25) is 4.79 Å². The summed E-state index contributed by atoms with van der Waals surface area (Å²) in [6.45, 7) is 0.146. The second-order valence-electron chi connectivity index (χ2n) is 2.55. The molecule has 6 heteroatoms. The minimum atomic E-state index is -1.54. The van der Waals surface area contributed by atoms with Crippen molar-refractivity contribution >= 4 is 11.9 Å². The maximum atomic E-state index is 10.9. The van der Waals surface area contributed by atoms with Gasteiger partial charge in [0.2, 0.25) is 5.91 Å². The molecule has 0 aliphatic rings. The van der Waals surface area contributed by atoms with Crippen LogP contribution in [0.25, 0.3) is 0 Å². The van der Waals surface area contributed by atoms with Crippen LogP contribution in [-0.2, 0) is 9.59 Å². The molecule has 0 spiro atoms. The number of carboxylic acid groups (broad SMARTS) is 1. The van der Waals surface area contributed by atoms with Gasteiger partial charge in [0.05, 0.1) is 6.54 Å². The molecule has 0 aromatic rings. The number of aliphatic hydroxyl groups excluding tert-OH is 1. The highest BCUT2D eigenvalue weighted by atomic mass is 16.4. The van der Waals surface area contributed by atoms with Gasteiger partial charge in [-0.05, 0) is 13.0 Å². The molecule has 1 amide bonds. The summed E-state index contributed by atoms with van der Waals surface area (Å²) in [5, 5.41) is 19.3. The molecule has 5 N–H and O–H groups in total. The summed E-state index contributed by atoms with van der Waals surface area (Å²) in [6.07, 6.45) is -0.737. The summed E-state index contributed by atoms with van der Waals surface area (Å²) >= 11 is 0. The van der Waals surface area contributed by atoms with E-state index in [4.69, 9.17) is 15.9 Å². The number of carbonyl (C=O) groups excluding carboxylic acids is 1. The monoisotopic (exact) mass is 190 g/mol. The molecule has 13 heavy (non-hydrogen) atoms. The Morgan fingerprint density at radius 1 is 1.46 bits per heavy atom. The van der Waals surface area contributed by atoms with Crippen molar-refractivity contribution in [3.63, 3.8) is 0 Å². The molecule has 1 atom stereocenters. The maximum absolute atomic E-state index is 10.9. The Hall–Kier alpha value is -1.14. The third-order valence-electron chi connectivity index (χ3n) is 1.39. The Labute approximate surface area is 75.7 Å². The van der Waals surface area contributed by atoms with Crippen LogP contribution in [0.1, 0.15) is 12.8 Å². The summed E-state index contributed by atoms with van der Waals surface area (Å²) in [5.41, 5.74) is 5.16. The van der Waals surface area contributed by atoms with E-state index in [0.29, 0.717) is 13.0 Å². The van der Waals surface area contributed by atoms with E-state index < -0.39 is 12.1 Å². The highest BCUT2D eigenvalue weighted by Gasteiger charge is 2.13. The topological polar surface area (TPSA) is 113 Å². The smallest absolute Gasteiger partial charge is 0.334 e. The highest BCUT2D eigenvalue weighted by molar-refractivity contribution is 5.77. The molecule has 0 unspecified atom stereocenters. The van der Waals surface area contributed by atoms with Gasteiger partial charge in [-0.25, -0.2) is 4.79 Å². The Morgan fingerprint density at radius 3 is 2.54 bits per heavy atom. The van der Waals surface area contributed by atoms with E-state index in [2.05, 4.69) is 5.32 Å². The normalized spacial score (nSPS) is 12.2. The molecule has 0 aromatic carbocycles. The fourth-order valence-electron chi connectivity index (χ4n) is 0.649. The summed E-state index contributed by atoms with van der Waals surface area (Å²) in [6, 6.07) is 0. The van der Waals surface area contributed by atoms with Crippen LogP contribution in [-0.4, -0.2) is 41.3 Å². The average Bonchev–Trinajstić information content (AvgIpc) is 2.10. The molecule has 0 aliphatic heterocycles. The van der Waals surface area contributed by atoms with Gasteiger partial charge in [0.1, 0.15) is 0 Å². The first-order valence-electron chi connectivity index (χ1n) is 3.95.